The molecule has 0 radical (unpaired) electrons. The molecule has 4 rings (SSSR count). The van der Waals surface area contributed by atoms with Crippen molar-refractivity contribution >= 4 is 22.6 Å². The molecule has 0 aliphatic carbocycles. The summed E-state index contributed by atoms with van der Waals surface area (Å²) >= 11 is 0. The number of aryl methyl sites for hydroxylation is 1. The van der Waals surface area contributed by atoms with Crippen molar-refractivity contribution in [3.63, 3.8) is 0 Å². The minimum atomic E-state index is -0.516. The molecule has 2 N–H and O–H groups in total. The third-order valence-corrected chi connectivity index (χ3v) is 4.96. The summed E-state index contributed by atoms with van der Waals surface area (Å²) in [5.41, 5.74) is 1.92. The lowest BCUT2D eigenvalue weighted by atomic mass is 10.0. The third kappa shape index (κ3) is 3.36. The fourth-order valence-corrected chi connectivity index (χ4v) is 3.54. The highest BCUT2D eigenvalue weighted by molar-refractivity contribution is 6.21. The number of carbonyl (C=O) groups is 2. The molecule has 1 amide bonds. The Labute approximate surface area is 156 Å². The number of Topliss-reactive ketones (excluding diaryl/α,β-unsaturated/α-hetero) is 1. The number of carbonyl (C=O) groups excluding carboxylic acids is 2. The number of aromatic nitrogens is 1. The molecule has 1 unspecified atom stereocenters. The van der Waals surface area contributed by atoms with E-state index in [1.54, 1.807) is 4.57 Å². The molecule has 0 bridgehead atoms. The van der Waals surface area contributed by atoms with Gasteiger partial charge in [-0.1, -0.05) is 48.5 Å². The monoisotopic (exact) mass is 360 g/mol. The van der Waals surface area contributed by atoms with Crippen molar-refractivity contribution in [3.8, 4) is 0 Å². The van der Waals surface area contributed by atoms with Gasteiger partial charge < -0.3 is 15.0 Å². The highest BCUT2D eigenvalue weighted by Gasteiger charge is 2.35. The number of rotatable bonds is 6. The minimum absolute atomic E-state index is 0.0196. The number of ketones is 1. The molecule has 0 saturated carbocycles. The first kappa shape index (κ1) is 17.1. The van der Waals surface area contributed by atoms with Crippen LogP contribution in [0.25, 0.3) is 10.9 Å². The maximum Gasteiger partial charge on any atom is 0.259 e. The van der Waals surface area contributed by atoms with Crippen molar-refractivity contribution in [2.24, 2.45) is 0 Å². The van der Waals surface area contributed by atoms with Crippen LogP contribution in [0.1, 0.15) is 12.0 Å². The molecule has 1 aliphatic rings. The molecule has 2 heterocycles. The molecule has 3 aromatic rings. The van der Waals surface area contributed by atoms with Crippen LogP contribution in [0.4, 0.5) is 0 Å². The molecular formula is C22H20N2O3. The molecule has 1 aromatic heterocycles. The topological polar surface area (TPSA) is 71.3 Å². The van der Waals surface area contributed by atoms with Crippen LogP contribution >= 0.6 is 0 Å². The van der Waals surface area contributed by atoms with E-state index in [1.807, 2.05) is 66.9 Å². The Kier molecular flexibility index (Phi) is 4.50. The molecule has 5 nitrogen and oxygen atoms in total. The Morgan fingerprint density at radius 1 is 1.04 bits per heavy atom. The van der Waals surface area contributed by atoms with Gasteiger partial charge in [-0.25, -0.2) is 0 Å². The average Bonchev–Trinajstić information content (AvgIpc) is 3.21. The molecule has 136 valence electrons. The van der Waals surface area contributed by atoms with Crippen LogP contribution in [0.15, 0.2) is 78.2 Å². The zero-order valence-electron chi connectivity index (χ0n) is 14.8. The summed E-state index contributed by atoms with van der Waals surface area (Å²) in [5.74, 6) is -1.02. The van der Waals surface area contributed by atoms with Gasteiger partial charge in [-0.3, -0.25) is 9.59 Å². The lowest BCUT2D eigenvalue weighted by Gasteiger charge is -2.10. The van der Waals surface area contributed by atoms with Gasteiger partial charge in [0.15, 0.2) is 5.78 Å². The SMILES string of the molecule is O=C(Cn1ccc2ccccc21)C1=C(O)C(CCc2ccccc2)NC1=O. The summed E-state index contributed by atoms with van der Waals surface area (Å²) in [4.78, 5) is 25.0. The normalized spacial score (nSPS) is 16.7. The Balaban J connectivity index is 1.50. The highest BCUT2D eigenvalue weighted by Crippen LogP contribution is 2.22. The number of fused-ring (bicyclic) bond motifs is 1. The lowest BCUT2D eigenvalue weighted by molar-refractivity contribution is -0.122. The summed E-state index contributed by atoms with van der Waals surface area (Å²) in [6.45, 7) is 0.0196. The number of para-hydroxylation sites is 1. The summed E-state index contributed by atoms with van der Waals surface area (Å²) in [7, 11) is 0. The molecular weight excluding hydrogens is 340 g/mol. The van der Waals surface area contributed by atoms with Crippen molar-refractivity contribution in [2.45, 2.75) is 25.4 Å². The molecule has 5 heteroatoms. The van der Waals surface area contributed by atoms with Crippen LogP contribution in [-0.4, -0.2) is 27.4 Å². The fourth-order valence-electron chi connectivity index (χ4n) is 3.54. The van der Waals surface area contributed by atoms with Crippen LogP contribution in [-0.2, 0) is 22.6 Å². The van der Waals surface area contributed by atoms with E-state index in [9.17, 15) is 14.7 Å². The predicted molar refractivity (Wildman–Crippen MR) is 103 cm³/mol. The predicted octanol–water partition coefficient (Wildman–Crippen LogP) is 3.15. The standard InChI is InChI=1S/C22H20N2O3/c25-19(14-24-13-12-16-8-4-5-9-18(16)24)20-21(26)17(23-22(20)27)11-10-15-6-2-1-3-7-15/h1-9,12-13,17,26H,10-11,14H2,(H,23,27). The number of hydrogen-bond acceptors (Lipinski definition) is 3. The van der Waals surface area contributed by atoms with Gasteiger partial charge in [0.05, 0.1) is 12.6 Å². The van der Waals surface area contributed by atoms with Crippen molar-refractivity contribution in [1.82, 2.24) is 9.88 Å². The van der Waals surface area contributed by atoms with E-state index in [-0.39, 0.29) is 23.7 Å². The number of amides is 1. The van der Waals surface area contributed by atoms with Crippen molar-refractivity contribution in [2.75, 3.05) is 0 Å². The van der Waals surface area contributed by atoms with Gasteiger partial charge >= 0.3 is 0 Å². The maximum atomic E-state index is 12.7. The maximum absolute atomic E-state index is 12.7. The lowest BCUT2D eigenvalue weighted by Crippen LogP contribution is -2.30. The van der Waals surface area contributed by atoms with Gasteiger partial charge in [-0.05, 0) is 35.9 Å². The Hall–Kier alpha value is -3.34. The summed E-state index contributed by atoms with van der Waals surface area (Å²) < 4.78 is 1.79. The molecule has 1 atom stereocenters. The first-order chi connectivity index (χ1) is 13.1. The first-order valence-electron chi connectivity index (χ1n) is 8.98. The Morgan fingerprint density at radius 2 is 1.78 bits per heavy atom. The van der Waals surface area contributed by atoms with E-state index >= 15 is 0 Å². The van der Waals surface area contributed by atoms with Gasteiger partial charge in [0, 0.05) is 11.7 Å². The van der Waals surface area contributed by atoms with Crippen molar-refractivity contribution in [3.05, 3.63) is 83.8 Å². The van der Waals surface area contributed by atoms with E-state index < -0.39 is 11.9 Å². The molecule has 1 aliphatic heterocycles. The zero-order valence-corrected chi connectivity index (χ0v) is 14.8. The van der Waals surface area contributed by atoms with Crippen molar-refractivity contribution in [1.29, 1.82) is 0 Å². The first-order valence-corrected chi connectivity index (χ1v) is 8.98. The minimum Gasteiger partial charge on any atom is -0.509 e. The summed E-state index contributed by atoms with van der Waals surface area (Å²) in [5, 5.41) is 14.2. The van der Waals surface area contributed by atoms with E-state index in [0.29, 0.717) is 12.8 Å². The third-order valence-electron chi connectivity index (χ3n) is 4.96. The number of nitrogens with zero attached hydrogens (tertiary/aromatic N) is 1. The number of aliphatic hydroxyl groups is 1. The van der Waals surface area contributed by atoms with Crippen LogP contribution in [0.3, 0.4) is 0 Å². The summed E-state index contributed by atoms with van der Waals surface area (Å²) in [6.07, 6.45) is 3.07. The number of benzene rings is 2. The highest BCUT2D eigenvalue weighted by atomic mass is 16.3. The molecule has 0 fully saturated rings. The molecule has 2 aromatic carbocycles. The second-order valence-electron chi connectivity index (χ2n) is 6.74. The second-order valence-corrected chi connectivity index (χ2v) is 6.74. The van der Waals surface area contributed by atoms with Gasteiger partial charge in [-0.15, -0.1) is 0 Å². The second kappa shape index (κ2) is 7.11. The Morgan fingerprint density at radius 3 is 2.59 bits per heavy atom. The van der Waals surface area contributed by atoms with Gasteiger partial charge in [-0.2, -0.15) is 0 Å². The zero-order chi connectivity index (χ0) is 18.8. The largest absolute Gasteiger partial charge is 0.509 e. The van der Waals surface area contributed by atoms with E-state index in [4.69, 9.17) is 0 Å². The van der Waals surface area contributed by atoms with Gasteiger partial charge in [0.2, 0.25) is 0 Å². The number of nitrogens with one attached hydrogen (secondary N) is 1. The summed E-state index contributed by atoms with van der Waals surface area (Å²) in [6, 6.07) is 19.0. The van der Waals surface area contributed by atoms with Gasteiger partial charge in [0.25, 0.3) is 5.91 Å². The van der Waals surface area contributed by atoms with Gasteiger partial charge in [0.1, 0.15) is 11.3 Å². The molecule has 0 spiro atoms. The van der Waals surface area contributed by atoms with Crippen LogP contribution in [0.2, 0.25) is 0 Å². The van der Waals surface area contributed by atoms with E-state index in [0.717, 1.165) is 16.5 Å². The quantitative estimate of drug-likeness (QED) is 0.664. The molecule has 0 saturated heterocycles. The fraction of sp³-hybridized carbons (Fsp3) is 0.182. The van der Waals surface area contributed by atoms with Crippen LogP contribution < -0.4 is 5.32 Å². The van der Waals surface area contributed by atoms with E-state index in [2.05, 4.69) is 5.32 Å². The van der Waals surface area contributed by atoms with Crippen LogP contribution in [0, 0.1) is 0 Å². The van der Waals surface area contributed by atoms with Crippen LogP contribution in [0.5, 0.6) is 0 Å². The van der Waals surface area contributed by atoms with E-state index in [1.165, 1.54) is 0 Å². The number of aliphatic hydroxyl groups excluding tert-OH is 1. The smallest absolute Gasteiger partial charge is 0.259 e. The number of hydrogen-bond donors (Lipinski definition) is 2. The molecule has 27 heavy (non-hydrogen) atoms. The average molecular weight is 360 g/mol. The Bertz CT molecular complexity index is 1030. The van der Waals surface area contributed by atoms with Crippen molar-refractivity contribution < 1.29 is 14.7 Å².